The lowest BCUT2D eigenvalue weighted by atomic mass is 10.3. The average molecular weight is 343 g/mol. The number of hydrogen-bond acceptors (Lipinski definition) is 5. The molecule has 0 saturated heterocycles. The molecular formula is C13H8Cl2N2OS2. The van der Waals surface area contributed by atoms with Crippen molar-refractivity contribution < 1.29 is 4.52 Å². The van der Waals surface area contributed by atoms with Gasteiger partial charge in [-0.25, -0.2) is 0 Å². The van der Waals surface area contributed by atoms with E-state index in [0.717, 1.165) is 10.5 Å². The predicted octanol–water partition coefficient (Wildman–Crippen LogP) is 5.40. The summed E-state index contributed by atoms with van der Waals surface area (Å²) >= 11 is 15.3. The van der Waals surface area contributed by atoms with Gasteiger partial charge in [-0.3, -0.25) is 0 Å². The fourth-order valence-corrected chi connectivity index (χ4v) is 3.73. The van der Waals surface area contributed by atoms with Crippen molar-refractivity contribution in [3.63, 3.8) is 0 Å². The summed E-state index contributed by atoms with van der Waals surface area (Å²) in [6, 6.07) is 7.38. The van der Waals surface area contributed by atoms with Gasteiger partial charge in [-0.15, -0.1) is 11.8 Å². The first-order valence-electron chi connectivity index (χ1n) is 5.66. The zero-order chi connectivity index (χ0) is 13.9. The molecule has 0 amide bonds. The van der Waals surface area contributed by atoms with Crippen molar-refractivity contribution in [2.45, 2.75) is 10.6 Å². The third-order valence-electron chi connectivity index (χ3n) is 2.50. The van der Waals surface area contributed by atoms with Crippen LogP contribution in [0.15, 0.2) is 44.4 Å². The Bertz CT molecular complexity index is 693. The van der Waals surface area contributed by atoms with E-state index in [1.54, 1.807) is 11.3 Å². The Morgan fingerprint density at radius 1 is 1.20 bits per heavy atom. The molecule has 2 aromatic heterocycles. The van der Waals surface area contributed by atoms with E-state index < -0.39 is 0 Å². The number of thiophene rings is 1. The predicted molar refractivity (Wildman–Crippen MR) is 83.6 cm³/mol. The van der Waals surface area contributed by atoms with Crippen LogP contribution in [-0.4, -0.2) is 10.1 Å². The van der Waals surface area contributed by atoms with Gasteiger partial charge in [0.05, 0.1) is 21.4 Å². The third kappa shape index (κ3) is 3.01. The normalized spacial score (nSPS) is 10.9. The first-order chi connectivity index (χ1) is 9.74. The van der Waals surface area contributed by atoms with E-state index in [0.29, 0.717) is 27.5 Å². The lowest BCUT2D eigenvalue weighted by Crippen LogP contribution is -1.85. The monoisotopic (exact) mass is 342 g/mol. The summed E-state index contributed by atoms with van der Waals surface area (Å²) < 4.78 is 5.22. The van der Waals surface area contributed by atoms with Crippen molar-refractivity contribution >= 4 is 46.3 Å². The van der Waals surface area contributed by atoms with Gasteiger partial charge in [0.2, 0.25) is 0 Å². The first-order valence-corrected chi connectivity index (χ1v) is 8.34. The molecule has 20 heavy (non-hydrogen) atoms. The third-order valence-corrected chi connectivity index (χ3v) is 5.17. The Morgan fingerprint density at radius 2 is 2.00 bits per heavy atom. The molecule has 0 aliphatic rings. The molecule has 0 radical (unpaired) electrons. The molecule has 7 heteroatoms. The van der Waals surface area contributed by atoms with Gasteiger partial charge in [0, 0.05) is 10.3 Å². The Balaban J connectivity index is 1.73. The highest BCUT2D eigenvalue weighted by Crippen LogP contribution is 2.35. The van der Waals surface area contributed by atoms with E-state index in [4.69, 9.17) is 27.7 Å². The summed E-state index contributed by atoms with van der Waals surface area (Å²) in [6.07, 6.45) is 0. The first kappa shape index (κ1) is 13.9. The van der Waals surface area contributed by atoms with Gasteiger partial charge >= 0.3 is 0 Å². The number of benzene rings is 1. The van der Waals surface area contributed by atoms with Crippen LogP contribution in [0, 0.1) is 0 Å². The van der Waals surface area contributed by atoms with E-state index in [-0.39, 0.29) is 0 Å². The number of hydrogen-bond donors (Lipinski definition) is 0. The van der Waals surface area contributed by atoms with Crippen LogP contribution in [0.25, 0.3) is 11.5 Å². The minimum absolute atomic E-state index is 0.534. The molecule has 2 heterocycles. The van der Waals surface area contributed by atoms with E-state index in [1.165, 1.54) is 11.8 Å². The number of aromatic nitrogens is 2. The molecule has 0 aliphatic carbocycles. The number of halogens is 2. The summed E-state index contributed by atoms with van der Waals surface area (Å²) in [7, 11) is 0. The van der Waals surface area contributed by atoms with Crippen LogP contribution in [0.1, 0.15) is 5.82 Å². The van der Waals surface area contributed by atoms with Crippen LogP contribution in [0.2, 0.25) is 10.0 Å². The number of nitrogens with zero attached hydrogens (tertiary/aromatic N) is 2. The summed E-state index contributed by atoms with van der Waals surface area (Å²) in [5.74, 6) is 1.70. The molecule has 0 atom stereocenters. The number of thioether (sulfide) groups is 1. The van der Waals surface area contributed by atoms with Crippen LogP contribution in [0.3, 0.4) is 0 Å². The highest BCUT2D eigenvalue weighted by atomic mass is 35.5. The highest BCUT2D eigenvalue weighted by molar-refractivity contribution is 7.98. The Morgan fingerprint density at radius 3 is 2.70 bits per heavy atom. The van der Waals surface area contributed by atoms with Crippen LogP contribution < -0.4 is 0 Å². The van der Waals surface area contributed by atoms with E-state index in [1.807, 2.05) is 35.0 Å². The Labute approximate surface area is 133 Å². The van der Waals surface area contributed by atoms with Crippen molar-refractivity contribution in [3.05, 3.63) is 50.9 Å². The van der Waals surface area contributed by atoms with Gasteiger partial charge in [0.1, 0.15) is 0 Å². The van der Waals surface area contributed by atoms with Crippen molar-refractivity contribution in [2.24, 2.45) is 0 Å². The summed E-state index contributed by atoms with van der Waals surface area (Å²) in [6.45, 7) is 0. The Kier molecular flexibility index (Phi) is 4.31. The summed E-state index contributed by atoms with van der Waals surface area (Å²) in [4.78, 5) is 5.18. The Hall–Kier alpha value is -1.01. The van der Waals surface area contributed by atoms with Gasteiger partial charge in [0.15, 0.2) is 5.82 Å². The quantitative estimate of drug-likeness (QED) is 0.595. The maximum absolute atomic E-state index is 6.11. The molecule has 102 valence electrons. The van der Waals surface area contributed by atoms with Crippen LogP contribution in [0.4, 0.5) is 0 Å². The molecule has 1 aromatic carbocycles. The van der Waals surface area contributed by atoms with Crippen molar-refractivity contribution in [1.29, 1.82) is 0 Å². The van der Waals surface area contributed by atoms with Crippen molar-refractivity contribution in [2.75, 3.05) is 0 Å². The second kappa shape index (κ2) is 6.18. The minimum atomic E-state index is 0.534. The molecule has 0 fully saturated rings. The smallest absolute Gasteiger partial charge is 0.258 e. The van der Waals surface area contributed by atoms with Gasteiger partial charge in [-0.2, -0.15) is 16.3 Å². The zero-order valence-electron chi connectivity index (χ0n) is 10.0. The molecule has 3 rings (SSSR count). The molecule has 3 aromatic rings. The van der Waals surface area contributed by atoms with Gasteiger partial charge in [-0.05, 0) is 23.6 Å². The fourth-order valence-electron chi connectivity index (χ4n) is 1.57. The van der Waals surface area contributed by atoms with Gasteiger partial charge in [-0.1, -0.05) is 34.4 Å². The van der Waals surface area contributed by atoms with Crippen molar-refractivity contribution in [1.82, 2.24) is 10.1 Å². The number of rotatable bonds is 4. The maximum Gasteiger partial charge on any atom is 0.258 e. The fraction of sp³-hybridized carbons (Fsp3) is 0.0769. The molecule has 0 aliphatic heterocycles. The van der Waals surface area contributed by atoms with Crippen molar-refractivity contribution in [3.8, 4) is 11.5 Å². The average Bonchev–Trinajstić information content (AvgIpc) is 3.09. The molecule has 0 unspecified atom stereocenters. The van der Waals surface area contributed by atoms with E-state index >= 15 is 0 Å². The molecule has 0 N–H and O–H groups in total. The largest absolute Gasteiger partial charge is 0.334 e. The maximum atomic E-state index is 6.11. The topological polar surface area (TPSA) is 38.9 Å². The van der Waals surface area contributed by atoms with Gasteiger partial charge < -0.3 is 4.52 Å². The second-order valence-corrected chi connectivity index (χ2v) is 6.45. The molecule has 3 nitrogen and oxygen atoms in total. The molecular weight excluding hydrogens is 335 g/mol. The standard InChI is InChI=1S/C13H8Cl2N2OS2/c14-9-2-1-3-10(15)12(9)20-7-11-16-13(18-17-11)8-4-5-19-6-8/h1-6H,7H2. The van der Waals surface area contributed by atoms with E-state index in [9.17, 15) is 0 Å². The SMILES string of the molecule is Clc1cccc(Cl)c1SCc1noc(-c2ccsc2)n1. The minimum Gasteiger partial charge on any atom is -0.334 e. The van der Waals surface area contributed by atoms with Gasteiger partial charge in [0.25, 0.3) is 5.89 Å². The zero-order valence-corrected chi connectivity index (χ0v) is 13.2. The van der Waals surface area contributed by atoms with Crippen LogP contribution in [0.5, 0.6) is 0 Å². The van der Waals surface area contributed by atoms with Crippen LogP contribution in [-0.2, 0) is 5.75 Å². The highest BCUT2D eigenvalue weighted by Gasteiger charge is 2.11. The van der Waals surface area contributed by atoms with Crippen LogP contribution >= 0.6 is 46.3 Å². The second-order valence-electron chi connectivity index (χ2n) is 3.87. The lowest BCUT2D eigenvalue weighted by molar-refractivity contribution is 0.425. The van der Waals surface area contributed by atoms with E-state index in [2.05, 4.69) is 10.1 Å². The molecule has 0 bridgehead atoms. The lowest BCUT2D eigenvalue weighted by Gasteiger charge is -2.03. The summed E-state index contributed by atoms with van der Waals surface area (Å²) in [5, 5.41) is 9.15. The summed E-state index contributed by atoms with van der Waals surface area (Å²) in [5.41, 5.74) is 0.939. The molecule has 0 saturated carbocycles. The molecule has 0 spiro atoms.